The number of nitrogens with zero attached hydrogens (tertiary/aromatic N) is 2. The van der Waals surface area contributed by atoms with Crippen LogP contribution >= 0.6 is 11.6 Å². The molecule has 0 spiro atoms. The van der Waals surface area contributed by atoms with E-state index in [4.69, 9.17) is 23.1 Å². The third kappa shape index (κ3) is 4.43. The van der Waals surface area contributed by atoms with Crippen LogP contribution in [0, 0.1) is 0 Å². The summed E-state index contributed by atoms with van der Waals surface area (Å²) >= 11 is 6.11. The fraction of sp³-hybridized carbons (Fsp3) is 0.238. The number of benzene rings is 2. The van der Waals surface area contributed by atoms with E-state index in [0.29, 0.717) is 24.1 Å². The third-order valence-corrected chi connectivity index (χ3v) is 5.23. The van der Waals surface area contributed by atoms with Crippen molar-refractivity contribution in [3.8, 4) is 0 Å². The highest BCUT2D eigenvalue weighted by molar-refractivity contribution is 6.31. The van der Waals surface area contributed by atoms with Crippen molar-refractivity contribution >= 4 is 23.3 Å². The Morgan fingerprint density at radius 3 is 2.40 bits per heavy atom. The number of carbonyl (C=O) groups is 1. The molecule has 0 saturated carbocycles. The zero-order valence-electron chi connectivity index (χ0n) is 16.1. The summed E-state index contributed by atoms with van der Waals surface area (Å²) in [5.41, 5.74) is 12.8. The second-order valence-electron chi connectivity index (χ2n) is 6.91. The second-order valence-corrected chi connectivity index (χ2v) is 7.32. The molecule has 5 nitrogen and oxygen atoms in total. The average molecular weight is 437 g/mol. The van der Waals surface area contributed by atoms with Crippen LogP contribution in [-0.4, -0.2) is 15.7 Å². The molecule has 0 radical (unpaired) electrons. The molecule has 0 bridgehead atoms. The lowest BCUT2D eigenvalue weighted by atomic mass is 10.0. The molecule has 0 aliphatic carbocycles. The standard InChI is InChI=1S/C21H20ClF3N4O/c1-12(15-9-8-14(11-16(15)22)21(23,24)25)29-19(26)18(20(27)30)17(28-29)10-7-13-5-3-2-4-6-13/h2-6,8-9,11-12H,7,10,26H2,1H3,(H2,27,30). The summed E-state index contributed by atoms with van der Waals surface area (Å²) in [6.45, 7) is 1.68. The Morgan fingerprint density at radius 2 is 1.83 bits per heavy atom. The van der Waals surface area contributed by atoms with Gasteiger partial charge in [0.2, 0.25) is 0 Å². The van der Waals surface area contributed by atoms with E-state index in [9.17, 15) is 18.0 Å². The van der Waals surface area contributed by atoms with E-state index >= 15 is 0 Å². The van der Waals surface area contributed by atoms with E-state index in [1.54, 1.807) is 6.92 Å². The molecule has 3 rings (SSSR count). The summed E-state index contributed by atoms with van der Waals surface area (Å²) in [6.07, 6.45) is -3.46. The first-order chi connectivity index (χ1) is 14.1. The maximum atomic E-state index is 12.9. The number of halogens is 4. The highest BCUT2D eigenvalue weighted by atomic mass is 35.5. The summed E-state index contributed by atoms with van der Waals surface area (Å²) in [6, 6.07) is 12.1. The van der Waals surface area contributed by atoms with Gasteiger partial charge in [0.15, 0.2) is 0 Å². The van der Waals surface area contributed by atoms with Crippen LogP contribution in [0.1, 0.15) is 45.7 Å². The van der Waals surface area contributed by atoms with Crippen LogP contribution in [0.5, 0.6) is 0 Å². The lowest BCUT2D eigenvalue weighted by Crippen LogP contribution is -2.17. The predicted molar refractivity (Wildman–Crippen MR) is 109 cm³/mol. The third-order valence-electron chi connectivity index (χ3n) is 4.90. The second kappa shape index (κ2) is 8.39. The Morgan fingerprint density at radius 1 is 1.17 bits per heavy atom. The maximum absolute atomic E-state index is 12.9. The van der Waals surface area contributed by atoms with Crippen molar-refractivity contribution in [2.75, 3.05) is 5.73 Å². The van der Waals surface area contributed by atoms with Crippen LogP contribution in [0.2, 0.25) is 5.02 Å². The van der Waals surface area contributed by atoms with Crippen LogP contribution in [0.15, 0.2) is 48.5 Å². The van der Waals surface area contributed by atoms with Crippen LogP contribution in [-0.2, 0) is 19.0 Å². The molecular weight excluding hydrogens is 417 g/mol. The van der Waals surface area contributed by atoms with Crippen molar-refractivity contribution in [1.82, 2.24) is 9.78 Å². The predicted octanol–water partition coefficient (Wildman–Crippen LogP) is 4.63. The largest absolute Gasteiger partial charge is 0.416 e. The number of aryl methyl sites for hydroxylation is 2. The molecule has 0 saturated heterocycles. The minimum Gasteiger partial charge on any atom is -0.383 e. The number of carbonyl (C=O) groups excluding carboxylic acids is 1. The molecule has 158 valence electrons. The molecule has 0 fully saturated rings. The monoisotopic (exact) mass is 436 g/mol. The molecule has 2 aromatic carbocycles. The van der Waals surface area contributed by atoms with E-state index in [0.717, 1.165) is 17.7 Å². The molecule has 1 unspecified atom stereocenters. The molecule has 0 aliphatic rings. The van der Waals surface area contributed by atoms with E-state index in [1.807, 2.05) is 30.3 Å². The number of anilines is 1. The van der Waals surface area contributed by atoms with Gasteiger partial charge in [0.1, 0.15) is 11.4 Å². The molecule has 30 heavy (non-hydrogen) atoms. The van der Waals surface area contributed by atoms with Crippen molar-refractivity contribution in [2.24, 2.45) is 5.73 Å². The van der Waals surface area contributed by atoms with Crippen molar-refractivity contribution in [3.63, 3.8) is 0 Å². The molecule has 4 N–H and O–H groups in total. The van der Waals surface area contributed by atoms with Gasteiger partial charge in [0.25, 0.3) is 5.91 Å². The van der Waals surface area contributed by atoms with Gasteiger partial charge in [-0.3, -0.25) is 4.79 Å². The first kappa shape index (κ1) is 21.7. The number of amides is 1. The summed E-state index contributed by atoms with van der Waals surface area (Å²) in [7, 11) is 0. The number of hydrogen-bond acceptors (Lipinski definition) is 3. The first-order valence-corrected chi connectivity index (χ1v) is 9.54. The van der Waals surface area contributed by atoms with Gasteiger partial charge in [0, 0.05) is 5.02 Å². The van der Waals surface area contributed by atoms with Gasteiger partial charge in [-0.05, 0) is 43.0 Å². The van der Waals surface area contributed by atoms with Crippen LogP contribution < -0.4 is 11.5 Å². The van der Waals surface area contributed by atoms with Crippen molar-refractivity contribution in [2.45, 2.75) is 32.0 Å². The number of hydrogen-bond donors (Lipinski definition) is 2. The normalized spacial score (nSPS) is 12.7. The summed E-state index contributed by atoms with van der Waals surface area (Å²) in [5.74, 6) is -0.665. The highest BCUT2D eigenvalue weighted by Crippen LogP contribution is 2.35. The molecule has 3 aromatic rings. The molecule has 1 aromatic heterocycles. The Balaban J connectivity index is 1.95. The van der Waals surface area contributed by atoms with Gasteiger partial charge in [0.05, 0.1) is 17.3 Å². The molecule has 1 heterocycles. The van der Waals surface area contributed by atoms with Gasteiger partial charge in [-0.15, -0.1) is 0 Å². The van der Waals surface area contributed by atoms with Gasteiger partial charge in [-0.1, -0.05) is 48.0 Å². The van der Waals surface area contributed by atoms with E-state index < -0.39 is 23.7 Å². The average Bonchev–Trinajstić information content (AvgIpc) is 3.02. The number of nitrogen functional groups attached to an aromatic ring is 1. The van der Waals surface area contributed by atoms with Gasteiger partial charge in [-0.25, -0.2) is 4.68 Å². The summed E-state index contributed by atoms with van der Waals surface area (Å²) in [5, 5.41) is 4.37. The lowest BCUT2D eigenvalue weighted by molar-refractivity contribution is -0.137. The summed E-state index contributed by atoms with van der Waals surface area (Å²) in [4.78, 5) is 12.0. The van der Waals surface area contributed by atoms with Crippen LogP contribution in [0.3, 0.4) is 0 Å². The quantitative estimate of drug-likeness (QED) is 0.590. The molecule has 9 heteroatoms. The minimum absolute atomic E-state index is 0.0500. The Bertz CT molecular complexity index is 1060. The highest BCUT2D eigenvalue weighted by Gasteiger charge is 2.32. The van der Waals surface area contributed by atoms with Crippen molar-refractivity contribution in [1.29, 1.82) is 0 Å². The van der Waals surface area contributed by atoms with E-state index in [1.165, 1.54) is 10.7 Å². The maximum Gasteiger partial charge on any atom is 0.416 e. The fourth-order valence-corrected chi connectivity index (χ4v) is 3.65. The molecule has 0 aliphatic heterocycles. The number of rotatable bonds is 6. The van der Waals surface area contributed by atoms with Crippen LogP contribution in [0.4, 0.5) is 19.0 Å². The van der Waals surface area contributed by atoms with Gasteiger partial charge < -0.3 is 11.5 Å². The fourth-order valence-electron chi connectivity index (χ4n) is 3.32. The SMILES string of the molecule is CC(c1ccc(C(F)(F)F)cc1Cl)n1nc(CCc2ccccc2)c(C(N)=O)c1N. The Labute approximate surface area is 176 Å². The van der Waals surface area contributed by atoms with Crippen molar-refractivity contribution in [3.05, 3.63) is 81.5 Å². The van der Waals surface area contributed by atoms with Gasteiger partial charge in [-0.2, -0.15) is 18.3 Å². The minimum atomic E-state index is -4.50. The van der Waals surface area contributed by atoms with Crippen molar-refractivity contribution < 1.29 is 18.0 Å². The summed E-state index contributed by atoms with van der Waals surface area (Å²) < 4.78 is 40.1. The number of nitrogens with two attached hydrogens (primary N) is 2. The molecule has 1 atom stereocenters. The molecular formula is C21H20ClF3N4O. The number of aromatic nitrogens is 2. The number of primary amides is 1. The first-order valence-electron chi connectivity index (χ1n) is 9.16. The smallest absolute Gasteiger partial charge is 0.383 e. The Hall–Kier alpha value is -3.00. The lowest BCUT2D eigenvalue weighted by Gasteiger charge is -2.17. The van der Waals surface area contributed by atoms with Gasteiger partial charge >= 0.3 is 6.18 Å². The van der Waals surface area contributed by atoms with E-state index in [2.05, 4.69) is 5.10 Å². The Kier molecular flexibility index (Phi) is 6.07. The topological polar surface area (TPSA) is 86.9 Å². The molecule has 1 amide bonds. The zero-order valence-corrected chi connectivity index (χ0v) is 16.8. The van der Waals surface area contributed by atoms with E-state index in [-0.39, 0.29) is 16.4 Å². The number of alkyl halides is 3. The van der Waals surface area contributed by atoms with Crippen LogP contribution in [0.25, 0.3) is 0 Å². The zero-order chi connectivity index (χ0) is 22.1.